The lowest BCUT2D eigenvalue weighted by atomic mass is 9.82. The van der Waals surface area contributed by atoms with Crippen LogP contribution >= 0.6 is 0 Å². The molecular weight excluding hydrogens is 454 g/mol. The quantitative estimate of drug-likeness (QED) is 0.586. The monoisotopic (exact) mass is 479 g/mol. The lowest BCUT2D eigenvalue weighted by Gasteiger charge is -2.43. The molecule has 2 aliphatic heterocycles. The Hall–Kier alpha value is -3.59. The number of aromatic nitrogens is 1. The molecule has 2 atom stereocenters. The summed E-state index contributed by atoms with van der Waals surface area (Å²) in [5.74, 6) is 0.459. The van der Waals surface area contributed by atoms with Gasteiger partial charge in [-0.1, -0.05) is 36.4 Å². The fourth-order valence-electron chi connectivity index (χ4n) is 4.86. The second kappa shape index (κ2) is 8.98. The van der Waals surface area contributed by atoms with Gasteiger partial charge in [-0.15, -0.1) is 0 Å². The number of likely N-dealkylation sites (tertiary alicyclic amines) is 1. The summed E-state index contributed by atoms with van der Waals surface area (Å²) in [5.41, 5.74) is 0.839. The second-order valence-electron chi connectivity index (χ2n) is 8.70. The van der Waals surface area contributed by atoms with Gasteiger partial charge in [0.05, 0.1) is 16.3 Å². The number of anilines is 1. The first-order valence-corrected chi connectivity index (χ1v) is 12.7. The standard InChI is InChI=1S/C25H25N3O5S/c29-23-12-11-22(26-34(31,32)21-9-5-2-6-10-21)25-19-13-18(15-28(23)25)14-27(16-19)24(30)17-33-20-7-3-1-4-8-20/h1-12,18-19,26H,13-17H2/t18-,19-/m1/s1. The molecule has 1 amide bonds. The topological polar surface area (TPSA) is 97.7 Å². The van der Waals surface area contributed by atoms with E-state index >= 15 is 0 Å². The molecule has 0 saturated carbocycles. The second-order valence-corrected chi connectivity index (χ2v) is 10.4. The summed E-state index contributed by atoms with van der Waals surface area (Å²) in [5, 5.41) is 0. The molecule has 2 bridgehead atoms. The molecule has 1 N–H and O–H groups in total. The van der Waals surface area contributed by atoms with Crippen LogP contribution in [-0.2, 0) is 21.4 Å². The van der Waals surface area contributed by atoms with Gasteiger partial charge in [-0.05, 0) is 42.7 Å². The maximum Gasteiger partial charge on any atom is 0.261 e. The molecule has 1 saturated heterocycles. The molecule has 1 aromatic heterocycles. The summed E-state index contributed by atoms with van der Waals surface area (Å²) in [6, 6.07) is 20.2. The smallest absolute Gasteiger partial charge is 0.261 e. The Balaban J connectivity index is 1.39. The van der Waals surface area contributed by atoms with E-state index in [4.69, 9.17) is 4.74 Å². The van der Waals surface area contributed by atoms with Crippen molar-refractivity contribution in [2.24, 2.45) is 5.92 Å². The van der Waals surface area contributed by atoms with Crippen LogP contribution in [0, 0.1) is 5.92 Å². The first kappa shape index (κ1) is 22.2. The molecule has 3 aromatic rings. The highest BCUT2D eigenvalue weighted by molar-refractivity contribution is 7.92. The minimum Gasteiger partial charge on any atom is -0.484 e. The van der Waals surface area contributed by atoms with E-state index in [1.54, 1.807) is 39.8 Å². The van der Waals surface area contributed by atoms with Gasteiger partial charge in [-0.2, -0.15) is 0 Å². The number of benzene rings is 2. The maximum absolute atomic E-state index is 13.0. The fourth-order valence-corrected chi connectivity index (χ4v) is 5.96. The number of carbonyl (C=O) groups is 1. The molecule has 0 unspecified atom stereocenters. The van der Waals surface area contributed by atoms with Gasteiger partial charge in [-0.3, -0.25) is 14.3 Å². The number of sulfonamides is 1. The van der Waals surface area contributed by atoms with Crippen molar-refractivity contribution in [2.45, 2.75) is 23.8 Å². The first-order valence-electron chi connectivity index (χ1n) is 11.2. The van der Waals surface area contributed by atoms with E-state index in [9.17, 15) is 18.0 Å². The zero-order valence-electron chi connectivity index (χ0n) is 18.5. The summed E-state index contributed by atoms with van der Waals surface area (Å²) in [6.45, 7) is 1.31. The van der Waals surface area contributed by atoms with Crippen LogP contribution in [0.3, 0.4) is 0 Å². The zero-order chi connectivity index (χ0) is 23.7. The summed E-state index contributed by atoms with van der Waals surface area (Å²) in [4.78, 5) is 27.5. The lowest BCUT2D eigenvalue weighted by Crippen LogP contribution is -2.50. The van der Waals surface area contributed by atoms with E-state index < -0.39 is 10.0 Å². The third kappa shape index (κ3) is 4.43. The molecule has 2 aromatic carbocycles. The number of fused-ring (bicyclic) bond motifs is 4. The number of ether oxygens (including phenoxy) is 1. The average molecular weight is 480 g/mol. The summed E-state index contributed by atoms with van der Waals surface area (Å²) < 4.78 is 35.9. The Morgan fingerprint density at radius 2 is 1.65 bits per heavy atom. The van der Waals surface area contributed by atoms with Crippen molar-refractivity contribution in [2.75, 3.05) is 24.4 Å². The van der Waals surface area contributed by atoms with Crippen LogP contribution in [0.15, 0.2) is 82.5 Å². The summed E-state index contributed by atoms with van der Waals surface area (Å²) >= 11 is 0. The number of hydrogen-bond acceptors (Lipinski definition) is 5. The van der Waals surface area contributed by atoms with Gasteiger partial charge in [-0.25, -0.2) is 8.42 Å². The van der Waals surface area contributed by atoms with Gasteiger partial charge in [0.2, 0.25) is 0 Å². The SMILES string of the molecule is O=C(COc1ccccc1)N1C[C@H]2C[C@H](C1)c1c(NS(=O)(=O)c3ccccc3)ccc(=O)n1C2. The first-order chi connectivity index (χ1) is 16.4. The largest absolute Gasteiger partial charge is 0.484 e. The van der Waals surface area contributed by atoms with E-state index in [1.807, 2.05) is 18.2 Å². The highest BCUT2D eigenvalue weighted by atomic mass is 32.2. The highest BCUT2D eigenvalue weighted by Crippen LogP contribution is 2.39. The number of piperidine rings is 1. The van der Waals surface area contributed by atoms with Gasteiger partial charge in [0.15, 0.2) is 6.61 Å². The van der Waals surface area contributed by atoms with Crippen molar-refractivity contribution in [1.82, 2.24) is 9.47 Å². The normalized spacial score (nSPS) is 19.2. The molecule has 3 heterocycles. The van der Waals surface area contributed by atoms with Crippen LogP contribution in [0.1, 0.15) is 18.0 Å². The van der Waals surface area contributed by atoms with Crippen LogP contribution < -0.4 is 15.0 Å². The van der Waals surface area contributed by atoms with Crippen LogP contribution in [0.2, 0.25) is 0 Å². The van der Waals surface area contributed by atoms with Crippen molar-refractivity contribution in [1.29, 1.82) is 0 Å². The van der Waals surface area contributed by atoms with Crippen molar-refractivity contribution < 1.29 is 17.9 Å². The molecule has 9 heteroatoms. The summed E-state index contributed by atoms with van der Waals surface area (Å²) in [7, 11) is -3.82. The molecule has 34 heavy (non-hydrogen) atoms. The van der Waals surface area contributed by atoms with Gasteiger partial charge in [0, 0.05) is 31.6 Å². The van der Waals surface area contributed by atoms with Crippen molar-refractivity contribution in [3.63, 3.8) is 0 Å². The van der Waals surface area contributed by atoms with Gasteiger partial charge < -0.3 is 14.2 Å². The molecule has 8 nitrogen and oxygen atoms in total. The number of pyridine rings is 1. The lowest BCUT2D eigenvalue weighted by molar-refractivity contribution is -0.136. The molecular formula is C25H25N3O5S. The molecule has 0 spiro atoms. The predicted octanol–water partition coefficient (Wildman–Crippen LogP) is 2.67. The number of hydrogen-bond donors (Lipinski definition) is 1. The van der Waals surface area contributed by atoms with Gasteiger partial charge in [0.1, 0.15) is 5.75 Å². The molecule has 176 valence electrons. The van der Waals surface area contributed by atoms with E-state index in [0.717, 1.165) is 6.42 Å². The molecule has 1 fully saturated rings. The third-order valence-corrected chi connectivity index (χ3v) is 7.73. The molecule has 5 rings (SSSR count). The zero-order valence-corrected chi connectivity index (χ0v) is 19.3. The van der Waals surface area contributed by atoms with Crippen LogP contribution in [0.5, 0.6) is 5.75 Å². The van der Waals surface area contributed by atoms with Crippen LogP contribution in [0.4, 0.5) is 5.69 Å². The summed E-state index contributed by atoms with van der Waals surface area (Å²) in [6.07, 6.45) is 0.785. The highest BCUT2D eigenvalue weighted by Gasteiger charge is 2.38. The molecule has 2 aliphatic rings. The average Bonchev–Trinajstić information content (AvgIpc) is 2.85. The van der Waals surface area contributed by atoms with Crippen molar-refractivity contribution >= 4 is 21.6 Å². The van der Waals surface area contributed by atoms with Crippen molar-refractivity contribution in [3.8, 4) is 5.75 Å². The predicted molar refractivity (Wildman–Crippen MR) is 127 cm³/mol. The Kier molecular flexibility index (Phi) is 5.87. The van der Waals surface area contributed by atoms with E-state index in [0.29, 0.717) is 36.8 Å². The third-order valence-electron chi connectivity index (χ3n) is 6.35. The maximum atomic E-state index is 13.0. The van der Waals surface area contributed by atoms with Gasteiger partial charge in [0.25, 0.3) is 21.5 Å². The Bertz CT molecular complexity index is 1360. The number of carbonyl (C=O) groups excluding carboxylic acids is 1. The molecule has 0 aliphatic carbocycles. The number of amides is 1. The van der Waals surface area contributed by atoms with Crippen LogP contribution in [-0.4, -0.2) is 43.5 Å². The van der Waals surface area contributed by atoms with E-state index in [2.05, 4.69) is 4.72 Å². The van der Waals surface area contributed by atoms with E-state index in [-0.39, 0.29) is 34.8 Å². The number of rotatable bonds is 6. The minimum atomic E-state index is -3.82. The Labute approximate surface area is 197 Å². The van der Waals surface area contributed by atoms with E-state index in [1.165, 1.54) is 24.3 Å². The number of para-hydroxylation sites is 1. The number of nitrogens with one attached hydrogen (secondary N) is 1. The number of nitrogens with zero attached hydrogens (tertiary/aromatic N) is 2. The fraction of sp³-hybridized carbons (Fsp3) is 0.280. The molecule has 0 radical (unpaired) electrons. The minimum absolute atomic E-state index is 0.0709. The van der Waals surface area contributed by atoms with Crippen molar-refractivity contribution in [3.05, 3.63) is 88.8 Å². The Morgan fingerprint density at radius 1 is 0.941 bits per heavy atom. The van der Waals surface area contributed by atoms with Crippen LogP contribution in [0.25, 0.3) is 0 Å². The van der Waals surface area contributed by atoms with Gasteiger partial charge >= 0.3 is 0 Å². The Morgan fingerprint density at radius 3 is 2.38 bits per heavy atom.